The van der Waals surface area contributed by atoms with Gasteiger partial charge in [0.1, 0.15) is 13.2 Å². The van der Waals surface area contributed by atoms with Crippen molar-refractivity contribution < 1.29 is 151 Å². The number of rotatable bonds is 44. The standard InChI is InChI=1S/2C47H65N3O16S.2CH4/c2*1-11-13-22-47(12-2)27-67(60,61)39-21-20-36(49(9)10)25-37(39)41(45(47)58)34-17-16-18-35(24-34)48-40(57)19-14-15-23-50(28(3)51)46(59)44(66-33(8)56)43(65-32(7)55)42(64-31(6)54)38(63-30(5)53)26-62-29(4)52;;/h2*16-18,20-21,24-25,38,41-45,58H,11-15,19,22-23,26-27H2,1-10H3,(H,48,57);2*1H4/t38-,41+,42-,43+,44-,45+,47+;38-,41-,42-,43+,44-,45-,47-;;/m11../s1. The molecule has 0 spiro atoms. The van der Waals surface area contributed by atoms with Crippen LogP contribution < -0.4 is 20.4 Å². The Labute approximate surface area is 797 Å². The molecule has 14 atom stereocenters. The van der Waals surface area contributed by atoms with E-state index in [1.54, 1.807) is 84.9 Å². The Morgan fingerprint density at radius 3 is 0.978 bits per heavy atom. The smallest absolute Gasteiger partial charge is 0.303 e. The molecule has 0 unspecified atom stereocenters. The lowest BCUT2D eigenvalue weighted by Crippen LogP contribution is -2.58. The third-order valence-corrected chi connectivity index (χ3v) is 26.9. The highest BCUT2D eigenvalue weighted by Crippen LogP contribution is 2.52. The van der Waals surface area contributed by atoms with Gasteiger partial charge in [0.25, 0.3) is 11.8 Å². The first-order valence-corrected chi connectivity index (χ1v) is 47.6. The van der Waals surface area contributed by atoms with Crippen molar-refractivity contribution in [3.05, 3.63) is 107 Å². The molecule has 0 aromatic heterocycles. The minimum absolute atomic E-state index is 0. The summed E-state index contributed by atoms with van der Waals surface area (Å²) in [5, 5.41) is 30.5. The molecule has 2 aliphatic heterocycles. The fourth-order valence-electron chi connectivity index (χ4n) is 16.5. The first-order chi connectivity index (χ1) is 62.7. The van der Waals surface area contributed by atoms with Gasteiger partial charge >= 0.3 is 59.7 Å². The van der Waals surface area contributed by atoms with E-state index in [1.807, 2.05) is 65.7 Å². The average molecular weight is 1950 g/mol. The van der Waals surface area contributed by atoms with Crippen molar-refractivity contribution in [1.29, 1.82) is 0 Å². The van der Waals surface area contributed by atoms with Crippen LogP contribution in [0, 0.1) is 10.8 Å². The summed E-state index contributed by atoms with van der Waals surface area (Å²) in [5.74, 6) is -16.8. The number of carbonyl (C=O) groups is 16. The maximum atomic E-state index is 14.2. The highest BCUT2D eigenvalue weighted by atomic mass is 32.2. The molecule has 0 bridgehead atoms. The molecule has 0 aliphatic carbocycles. The number of benzene rings is 4. The molecule has 4 aromatic carbocycles. The number of hydrogen-bond donors (Lipinski definition) is 4. The molecule has 6 rings (SSSR count). The fraction of sp³-hybridized carbons (Fsp3) is 0.583. The van der Waals surface area contributed by atoms with Gasteiger partial charge in [0, 0.05) is 183 Å². The van der Waals surface area contributed by atoms with Gasteiger partial charge in [-0.1, -0.05) is 92.5 Å². The Morgan fingerprint density at radius 1 is 0.397 bits per heavy atom. The van der Waals surface area contributed by atoms with Crippen LogP contribution in [-0.4, -0.2) is 259 Å². The first kappa shape index (κ1) is 118. The van der Waals surface area contributed by atoms with Gasteiger partial charge in [0.15, 0.2) is 56.3 Å². The van der Waals surface area contributed by atoms with Crippen LogP contribution >= 0.6 is 0 Å². The number of unbranched alkanes of at least 4 members (excludes halogenated alkanes) is 4. The van der Waals surface area contributed by atoms with Gasteiger partial charge in [-0.25, -0.2) is 16.8 Å². The van der Waals surface area contributed by atoms with Gasteiger partial charge in [0.2, 0.25) is 35.8 Å². The lowest BCUT2D eigenvalue weighted by molar-refractivity contribution is -0.205. The van der Waals surface area contributed by atoms with Gasteiger partial charge in [-0.2, -0.15) is 0 Å². The largest absolute Gasteiger partial charge is 0.462 e. The van der Waals surface area contributed by atoms with Crippen LogP contribution in [0.3, 0.4) is 0 Å². The summed E-state index contributed by atoms with van der Waals surface area (Å²) < 4.78 is 109. The van der Waals surface area contributed by atoms with E-state index < -0.39 is 212 Å². The maximum absolute atomic E-state index is 14.2. The second kappa shape index (κ2) is 54.2. The second-order valence-corrected chi connectivity index (χ2v) is 37.7. The Hall–Kier alpha value is -11.8. The Kier molecular flexibility index (Phi) is 47.2. The van der Waals surface area contributed by atoms with E-state index in [-0.39, 0.29) is 87.8 Å². The molecule has 4 N–H and O–H groups in total. The van der Waals surface area contributed by atoms with E-state index in [2.05, 4.69) is 10.6 Å². The fourth-order valence-corrected chi connectivity index (χ4v) is 21.0. The highest BCUT2D eigenvalue weighted by molar-refractivity contribution is 7.91. The molecule has 136 heavy (non-hydrogen) atoms. The van der Waals surface area contributed by atoms with Crippen molar-refractivity contribution in [1.82, 2.24) is 9.80 Å². The summed E-state index contributed by atoms with van der Waals surface area (Å²) in [6.45, 7) is 17.4. The molecule has 2 heterocycles. The SMILES string of the molecule is C.C.CCCC[C@@]1(CC)CS(=O)(=O)c2ccc(N(C)C)cc2[C@H](c2cccc(NC(=O)CCCCN(C(C)=O)C(=O)[C@H](OC(C)=O)[C@@H](OC(C)=O)[C@H](OC(C)=O)[C@@H](COC(C)=O)OC(C)=O)c2)[C@@H]1O.CCCC[C@]1(CC)CS(=O)(=O)c2ccc(N(C)C)cc2[C@@H](c2cccc(NC(=O)CCCCN(C(C)=O)C(=O)[C@H](OC(C)=O)[C@@H](OC(C)=O)[C@H](OC(C)=O)[C@@H](COC(C)=O)OC(C)=O)c2)[C@H]1O. The summed E-state index contributed by atoms with van der Waals surface area (Å²) in [4.78, 5) is 208. The zero-order valence-corrected chi connectivity index (χ0v) is 81.5. The molecule has 0 radical (unpaired) electrons. The number of hydrogen-bond acceptors (Lipinski definition) is 34. The molecule has 756 valence electrons. The topological polar surface area (TPSA) is 511 Å². The number of imide groups is 2. The number of anilines is 4. The Bertz CT molecular complexity index is 4810. The zero-order chi connectivity index (χ0) is 101. The zero-order valence-electron chi connectivity index (χ0n) is 79.9. The molecular weight excluding hydrogens is 1810 g/mol. The number of nitrogens with one attached hydrogen (secondary N) is 2. The summed E-state index contributed by atoms with van der Waals surface area (Å²) in [6.07, 6.45) is -12.8. The van der Waals surface area contributed by atoms with Gasteiger partial charge in [-0.3, -0.25) is 86.5 Å². The number of aliphatic hydroxyl groups excluding tert-OH is 2. The molecule has 0 saturated carbocycles. The van der Waals surface area contributed by atoms with Gasteiger partial charge in [-0.05, 0) is 134 Å². The lowest BCUT2D eigenvalue weighted by atomic mass is 9.69. The molecule has 4 aromatic rings. The maximum Gasteiger partial charge on any atom is 0.303 e. The number of aliphatic hydroxyl groups is 2. The van der Waals surface area contributed by atoms with E-state index in [0.717, 1.165) is 120 Å². The van der Waals surface area contributed by atoms with Crippen LogP contribution in [0.15, 0.2) is 94.7 Å². The van der Waals surface area contributed by atoms with Crippen molar-refractivity contribution in [2.45, 2.75) is 298 Å². The summed E-state index contributed by atoms with van der Waals surface area (Å²) in [6, 6.07) is 24.0. The first-order valence-electron chi connectivity index (χ1n) is 44.3. The van der Waals surface area contributed by atoms with Gasteiger partial charge in [0.05, 0.1) is 33.5 Å². The Balaban J connectivity index is 0.000000690. The molecular formula is C96H138N6O32S2. The van der Waals surface area contributed by atoms with Crippen LogP contribution in [0.4, 0.5) is 22.7 Å². The van der Waals surface area contributed by atoms with Crippen LogP contribution in [-0.2, 0) is 144 Å². The molecule has 38 nitrogen and oxygen atoms in total. The van der Waals surface area contributed by atoms with E-state index in [9.17, 15) is 104 Å². The predicted molar refractivity (Wildman–Crippen MR) is 500 cm³/mol. The lowest BCUT2D eigenvalue weighted by Gasteiger charge is -2.39. The van der Waals surface area contributed by atoms with Crippen LogP contribution in [0.5, 0.6) is 0 Å². The normalized spacial score (nSPS) is 18.8. The molecule has 6 amide bonds. The van der Waals surface area contributed by atoms with E-state index >= 15 is 0 Å². The van der Waals surface area contributed by atoms with Gasteiger partial charge < -0.3 is 78.0 Å². The quantitative estimate of drug-likeness (QED) is 0.0182. The molecule has 40 heteroatoms. The van der Waals surface area contributed by atoms with Crippen molar-refractivity contribution in [2.75, 3.05) is 86.4 Å². The van der Waals surface area contributed by atoms with Gasteiger partial charge in [-0.15, -0.1) is 0 Å². The number of fused-ring (bicyclic) bond motifs is 2. The minimum atomic E-state index is -3.83. The number of esters is 10. The second-order valence-electron chi connectivity index (χ2n) is 33.8. The minimum Gasteiger partial charge on any atom is -0.462 e. The predicted octanol–water partition coefficient (Wildman–Crippen LogP) is 10.1. The Morgan fingerprint density at radius 2 is 0.706 bits per heavy atom. The van der Waals surface area contributed by atoms with Crippen LogP contribution in [0.2, 0.25) is 0 Å². The van der Waals surface area contributed by atoms with Crippen molar-refractivity contribution in [3.63, 3.8) is 0 Å². The molecule has 0 saturated heterocycles. The number of carbonyl (C=O) groups excluding carboxylic acids is 16. The van der Waals surface area contributed by atoms with Crippen LogP contribution in [0.1, 0.15) is 250 Å². The summed E-state index contributed by atoms with van der Waals surface area (Å²) >= 11 is 0. The average Bonchev–Trinajstić information content (AvgIpc) is 1.59. The summed E-state index contributed by atoms with van der Waals surface area (Å²) in [5.41, 5.74) is 2.47. The number of sulfone groups is 2. The van der Waals surface area contributed by atoms with Crippen molar-refractivity contribution in [2.24, 2.45) is 10.8 Å². The van der Waals surface area contributed by atoms with Crippen molar-refractivity contribution in [3.8, 4) is 0 Å². The van der Waals surface area contributed by atoms with E-state index in [0.29, 0.717) is 69.1 Å². The monoisotopic (exact) mass is 1950 g/mol. The molecule has 0 fully saturated rings. The third-order valence-electron chi connectivity index (χ3n) is 22.9. The van der Waals surface area contributed by atoms with E-state index in [4.69, 9.17) is 47.4 Å². The van der Waals surface area contributed by atoms with Crippen LogP contribution in [0.25, 0.3) is 0 Å². The van der Waals surface area contributed by atoms with Crippen molar-refractivity contribution >= 4 is 138 Å². The molecule has 2 aliphatic rings. The third kappa shape index (κ3) is 33.9. The highest BCUT2D eigenvalue weighted by Gasteiger charge is 2.54. The number of ether oxygens (including phenoxy) is 10. The summed E-state index contributed by atoms with van der Waals surface area (Å²) in [7, 11) is -0.301. The number of nitrogens with zero attached hydrogens (tertiary/aromatic N) is 4. The number of amides is 6. The van der Waals surface area contributed by atoms with E-state index in [1.165, 1.54) is 0 Å².